The molecule has 0 N–H and O–H groups in total. The third-order valence-corrected chi connectivity index (χ3v) is 5.53. The minimum Gasteiger partial charge on any atom is -0.491 e. The fourth-order valence-electron chi connectivity index (χ4n) is 2.49. The number of anilines is 1. The summed E-state index contributed by atoms with van der Waals surface area (Å²) in [6, 6.07) is 11.6. The molecule has 2 aromatic rings. The van der Waals surface area contributed by atoms with E-state index in [1.165, 1.54) is 23.5 Å². The first-order chi connectivity index (χ1) is 11.9. The Morgan fingerprint density at radius 2 is 1.64 bits per heavy atom. The molecule has 7 heteroatoms. The molecule has 6 nitrogen and oxygen atoms in total. The van der Waals surface area contributed by atoms with Gasteiger partial charge in [-0.25, -0.2) is 8.42 Å². The normalized spacial score (nSPS) is 13.6. The van der Waals surface area contributed by atoms with Crippen molar-refractivity contribution in [2.24, 2.45) is 0 Å². The van der Waals surface area contributed by atoms with Crippen LogP contribution in [-0.2, 0) is 10.0 Å². The van der Waals surface area contributed by atoms with Gasteiger partial charge >= 0.3 is 0 Å². The smallest absolute Gasteiger partial charge is 0.264 e. The van der Waals surface area contributed by atoms with E-state index in [0.29, 0.717) is 36.1 Å². The number of benzene rings is 2. The van der Waals surface area contributed by atoms with Crippen LogP contribution < -0.4 is 18.5 Å². The molecule has 0 amide bonds. The van der Waals surface area contributed by atoms with Crippen LogP contribution in [0.15, 0.2) is 47.4 Å². The zero-order valence-corrected chi connectivity index (χ0v) is 15.2. The van der Waals surface area contributed by atoms with E-state index >= 15 is 0 Å². The largest absolute Gasteiger partial charge is 0.491 e. The lowest BCUT2D eigenvalue weighted by molar-refractivity contribution is 0.171. The van der Waals surface area contributed by atoms with Gasteiger partial charge < -0.3 is 14.2 Å². The van der Waals surface area contributed by atoms with Crippen molar-refractivity contribution < 1.29 is 22.6 Å². The second kappa shape index (κ2) is 6.84. The molecule has 3 rings (SSSR count). The third-order valence-electron chi connectivity index (χ3n) is 3.74. The summed E-state index contributed by atoms with van der Waals surface area (Å²) in [6.07, 6.45) is 0.0602. The van der Waals surface area contributed by atoms with E-state index in [-0.39, 0.29) is 11.0 Å². The van der Waals surface area contributed by atoms with Gasteiger partial charge in [0.05, 0.1) is 16.7 Å². The van der Waals surface area contributed by atoms with E-state index in [1.807, 2.05) is 13.8 Å². The quantitative estimate of drug-likeness (QED) is 0.817. The van der Waals surface area contributed by atoms with Crippen molar-refractivity contribution in [2.75, 3.05) is 24.6 Å². The highest BCUT2D eigenvalue weighted by molar-refractivity contribution is 7.92. The Kier molecular flexibility index (Phi) is 4.76. The monoisotopic (exact) mass is 363 g/mol. The van der Waals surface area contributed by atoms with E-state index in [0.717, 1.165) is 0 Å². The van der Waals surface area contributed by atoms with E-state index in [2.05, 4.69) is 0 Å². The first kappa shape index (κ1) is 17.4. The Hall–Kier alpha value is -2.41. The summed E-state index contributed by atoms with van der Waals surface area (Å²) in [7, 11) is -2.19. The van der Waals surface area contributed by atoms with Crippen molar-refractivity contribution in [1.82, 2.24) is 0 Å². The van der Waals surface area contributed by atoms with Gasteiger partial charge in [-0.2, -0.15) is 0 Å². The number of nitrogens with zero attached hydrogens (tertiary/aromatic N) is 1. The Balaban J connectivity index is 1.86. The van der Waals surface area contributed by atoms with Crippen molar-refractivity contribution >= 4 is 15.7 Å². The van der Waals surface area contributed by atoms with Gasteiger partial charge in [0.15, 0.2) is 11.5 Å². The average Bonchev–Trinajstić information content (AvgIpc) is 2.61. The highest BCUT2D eigenvalue weighted by atomic mass is 32.2. The van der Waals surface area contributed by atoms with Gasteiger partial charge in [0, 0.05) is 13.1 Å². The van der Waals surface area contributed by atoms with Crippen molar-refractivity contribution in [3.8, 4) is 17.2 Å². The third kappa shape index (κ3) is 3.66. The summed E-state index contributed by atoms with van der Waals surface area (Å²) in [4.78, 5) is 0.154. The van der Waals surface area contributed by atoms with E-state index in [9.17, 15) is 8.42 Å². The predicted molar refractivity (Wildman–Crippen MR) is 95.2 cm³/mol. The van der Waals surface area contributed by atoms with Crippen LogP contribution in [0.1, 0.15) is 13.8 Å². The number of sulfonamides is 1. The molecule has 0 saturated carbocycles. The standard InChI is InChI=1S/C18H21NO5S/c1-13(2)24-15-6-4-14(5-7-15)19(3)25(20,21)16-8-9-17-18(12-16)23-11-10-22-17/h4-9,12-13H,10-11H2,1-3H3. The number of fused-ring (bicyclic) bond motifs is 1. The molecule has 1 heterocycles. The maximum absolute atomic E-state index is 12.9. The highest BCUT2D eigenvalue weighted by Crippen LogP contribution is 2.34. The molecule has 0 atom stereocenters. The Morgan fingerprint density at radius 3 is 2.28 bits per heavy atom. The summed E-state index contributed by atoms with van der Waals surface area (Å²) < 4.78 is 43.5. The second-order valence-electron chi connectivity index (χ2n) is 5.94. The molecule has 134 valence electrons. The molecule has 2 aromatic carbocycles. The van der Waals surface area contributed by atoms with Crippen LogP contribution in [0.5, 0.6) is 17.2 Å². The molecular weight excluding hydrogens is 342 g/mol. The maximum atomic E-state index is 12.9. The Labute approximate surface area is 148 Å². The zero-order valence-electron chi connectivity index (χ0n) is 14.4. The molecule has 0 fully saturated rings. The van der Waals surface area contributed by atoms with Crippen LogP contribution >= 0.6 is 0 Å². The number of ether oxygens (including phenoxy) is 3. The van der Waals surface area contributed by atoms with E-state index < -0.39 is 10.0 Å². The summed E-state index contributed by atoms with van der Waals surface area (Å²) in [5.74, 6) is 1.70. The molecule has 1 aliphatic heterocycles. The van der Waals surface area contributed by atoms with Crippen molar-refractivity contribution in [3.63, 3.8) is 0 Å². The van der Waals surface area contributed by atoms with Crippen LogP contribution in [0, 0.1) is 0 Å². The Morgan fingerprint density at radius 1 is 1.00 bits per heavy atom. The lowest BCUT2D eigenvalue weighted by atomic mass is 10.3. The average molecular weight is 363 g/mol. The van der Waals surface area contributed by atoms with Gasteiger partial charge in [0.2, 0.25) is 0 Å². The first-order valence-corrected chi connectivity index (χ1v) is 9.47. The predicted octanol–water partition coefficient (Wildman–Crippen LogP) is 3.07. The number of hydrogen-bond acceptors (Lipinski definition) is 5. The summed E-state index contributed by atoms with van der Waals surface area (Å²) in [6.45, 7) is 4.74. The van der Waals surface area contributed by atoms with Gasteiger partial charge in [-0.1, -0.05) is 0 Å². The van der Waals surface area contributed by atoms with Crippen LogP contribution in [0.25, 0.3) is 0 Å². The van der Waals surface area contributed by atoms with Crippen LogP contribution in [0.4, 0.5) is 5.69 Å². The van der Waals surface area contributed by atoms with Crippen LogP contribution in [-0.4, -0.2) is 34.8 Å². The van der Waals surface area contributed by atoms with E-state index in [4.69, 9.17) is 14.2 Å². The van der Waals surface area contributed by atoms with Gasteiger partial charge in [0.1, 0.15) is 19.0 Å². The number of hydrogen-bond donors (Lipinski definition) is 0. The topological polar surface area (TPSA) is 65.1 Å². The van der Waals surface area contributed by atoms with Gasteiger partial charge in [-0.05, 0) is 50.2 Å². The molecule has 25 heavy (non-hydrogen) atoms. The molecule has 0 aliphatic carbocycles. The molecule has 0 saturated heterocycles. The minimum absolute atomic E-state index is 0.0602. The minimum atomic E-state index is -3.70. The SMILES string of the molecule is CC(C)Oc1ccc(N(C)S(=O)(=O)c2ccc3c(c2)OCCO3)cc1. The molecular formula is C18H21NO5S. The van der Waals surface area contributed by atoms with Gasteiger partial charge in [0.25, 0.3) is 10.0 Å². The van der Waals surface area contributed by atoms with Crippen molar-refractivity contribution in [1.29, 1.82) is 0 Å². The second-order valence-corrected chi connectivity index (χ2v) is 7.91. The molecule has 1 aliphatic rings. The van der Waals surface area contributed by atoms with E-state index in [1.54, 1.807) is 30.3 Å². The molecule has 0 radical (unpaired) electrons. The highest BCUT2D eigenvalue weighted by Gasteiger charge is 2.24. The molecule has 0 bridgehead atoms. The summed E-state index contributed by atoms with van der Waals surface area (Å²) >= 11 is 0. The lowest BCUT2D eigenvalue weighted by Crippen LogP contribution is -2.26. The van der Waals surface area contributed by atoms with Crippen LogP contribution in [0.3, 0.4) is 0 Å². The van der Waals surface area contributed by atoms with Gasteiger partial charge in [-0.15, -0.1) is 0 Å². The summed E-state index contributed by atoms with van der Waals surface area (Å²) in [5, 5.41) is 0. The fraction of sp³-hybridized carbons (Fsp3) is 0.333. The maximum Gasteiger partial charge on any atom is 0.264 e. The zero-order chi connectivity index (χ0) is 18.0. The Bertz CT molecular complexity index is 846. The van der Waals surface area contributed by atoms with Crippen molar-refractivity contribution in [2.45, 2.75) is 24.8 Å². The molecule has 0 unspecified atom stereocenters. The fourth-order valence-corrected chi connectivity index (χ4v) is 3.70. The van der Waals surface area contributed by atoms with Crippen LogP contribution in [0.2, 0.25) is 0 Å². The first-order valence-electron chi connectivity index (χ1n) is 8.03. The molecule has 0 aromatic heterocycles. The number of rotatable bonds is 5. The van der Waals surface area contributed by atoms with Crippen molar-refractivity contribution in [3.05, 3.63) is 42.5 Å². The molecule has 0 spiro atoms. The van der Waals surface area contributed by atoms with Gasteiger partial charge in [-0.3, -0.25) is 4.31 Å². The lowest BCUT2D eigenvalue weighted by Gasteiger charge is -2.22. The summed E-state index contributed by atoms with van der Waals surface area (Å²) in [5.41, 5.74) is 0.547.